The van der Waals surface area contributed by atoms with Crippen LogP contribution in [-0.4, -0.2) is 25.4 Å². The van der Waals surface area contributed by atoms with Gasteiger partial charge in [-0.3, -0.25) is 14.9 Å². The van der Waals surface area contributed by atoms with Crippen molar-refractivity contribution >= 4 is 11.8 Å². The summed E-state index contributed by atoms with van der Waals surface area (Å²) in [5.74, 6) is -1.86. The Bertz CT molecular complexity index is 1350. The number of ether oxygens (including phenoxy) is 2. The molecule has 5 rings (SSSR count). The number of nitrogens with one attached hydrogen (secondary N) is 1. The van der Waals surface area contributed by atoms with E-state index in [-0.39, 0.29) is 5.78 Å². The first-order valence-electron chi connectivity index (χ1n) is 12.2. The minimum atomic E-state index is -1.33. The summed E-state index contributed by atoms with van der Waals surface area (Å²) in [6.45, 7) is 10.3. The van der Waals surface area contributed by atoms with Gasteiger partial charge >= 0.3 is 5.97 Å². The molecule has 0 spiro atoms. The van der Waals surface area contributed by atoms with Gasteiger partial charge in [-0.15, -0.1) is 6.58 Å². The predicted molar refractivity (Wildman–Crippen MR) is 139 cm³/mol. The van der Waals surface area contributed by atoms with Crippen LogP contribution in [0.15, 0.2) is 79.4 Å². The van der Waals surface area contributed by atoms with Crippen LogP contribution in [0.3, 0.4) is 0 Å². The van der Waals surface area contributed by atoms with Crippen molar-refractivity contribution in [3.8, 4) is 5.75 Å². The Morgan fingerprint density at radius 1 is 1.06 bits per heavy atom. The Morgan fingerprint density at radius 3 is 2.39 bits per heavy atom. The van der Waals surface area contributed by atoms with Gasteiger partial charge in [0.15, 0.2) is 16.9 Å². The molecular weight excluding hydrogens is 450 g/mol. The monoisotopic (exact) mass is 481 g/mol. The summed E-state index contributed by atoms with van der Waals surface area (Å²) in [7, 11) is 1.33. The van der Waals surface area contributed by atoms with E-state index >= 15 is 0 Å². The first-order valence-corrected chi connectivity index (χ1v) is 12.2. The molecule has 0 radical (unpaired) electrons. The van der Waals surface area contributed by atoms with Crippen LogP contribution in [0.1, 0.15) is 39.3 Å². The fraction of sp³-hybridized carbons (Fsp3) is 0.290. The van der Waals surface area contributed by atoms with Crippen molar-refractivity contribution in [2.24, 2.45) is 5.92 Å². The van der Waals surface area contributed by atoms with E-state index in [1.54, 1.807) is 6.08 Å². The topological polar surface area (TPSA) is 64.6 Å². The smallest absolute Gasteiger partial charge is 0.317 e. The molecule has 5 nitrogen and oxygen atoms in total. The van der Waals surface area contributed by atoms with E-state index in [1.165, 1.54) is 7.11 Å². The van der Waals surface area contributed by atoms with Gasteiger partial charge in [0.25, 0.3) is 0 Å². The van der Waals surface area contributed by atoms with E-state index in [2.05, 4.69) is 18.0 Å². The van der Waals surface area contributed by atoms with Crippen molar-refractivity contribution in [3.05, 3.63) is 113 Å². The van der Waals surface area contributed by atoms with Gasteiger partial charge in [0.05, 0.1) is 13.0 Å². The number of hydrogen-bond acceptors (Lipinski definition) is 5. The molecular formula is C31H31NO4. The molecule has 36 heavy (non-hydrogen) atoms. The number of carbonyl (C=O) groups excluding carboxylic acids is 2. The summed E-state index contributed by atoms with van der Waals surface area (Å²) in [5, 5.41) is 3.54. The van der Waals surface area contributed by atoms with E-state index in [0.717, 1.165) is 33.4 Å². The molecule has 1 aliphatic heterocycles. The molecule has 184 valence electrons. The highest BCUT2D eigenvalue weighted by molar-refractivity contribution is 6.10. The molecule has 1 fully saturated rings. The minimum Gasteiger partial charge on any atom is -0.479 e. The lowest BCUT2D eigenvalue weighted by atomic mass is 9.68. The van der Waals surface area contributed by atoms with Gasteiger partial charge < -0.3 is 9.47 Å². The second kappa shape index (κ2) is 8.75. The van der Waals surface area contributed by atoms with Gasteiger partial charge in [0, 0.05) is 12.1 Å². The van der Waals surface area contributed by atoms with Crippen LogP contribution in [0, 0.1) is 26.7 Å². The van der Waals surface area contributed by atoms with E-state index in [4.69, 9.17) is 9.47 Å². The fourth-order valence-electron chi connectivity index (χ4n) is 6.39. The van der Waals surface area contributed by atoms with Crippen molar-refractivity contribution in [3.63, 3.8) is 0 Å². The maximum absolute atomic E-state index is 14.8. The van der Waals surface area contributed by atoms with E-state index in [0.29, 0.717) is 12.3 Å². The van der Waals surface area contributed by atoms with Gasteiger partial charge in [0.1, 0.15) is 11.7 Å². The summed E-state index contributed by atoms with van der Waals surface area (Å²) < 4.78 is 12.3. The van der Waals surface area contributed by atoms with Crippen molar-refractivity contribution in [1.82, 2.24) is 5.32 Å². The molecule has 1 aliphatic carbocycles. The number of carbonyl (C=O) groups is 2. The number of ketones is 1. The molecule has 2 aliphatic rings. The van der Waals surface area contributed by atoms with Crippen LogP contribution in [-0.2, 0) is 25.5 Å². The Balaban J connectivity index is 1.94. The summed E-state index contributed by atoms with van der Waals surface area (Å²) >= 11 is 0. The molecule has 1 N–H and O–H groups in total. The van der Waals surface area contributed by atoms with Crippen LogP contribution in [0.25, 0.3) is 0 Å². The van der Waals surface area contributed by atoms with E-state index < -0.39 is 28.9 Å². The fourth-order valence-corrected chi connectivity index (χ4v) is 6.39. The standard InChI is InChI=1S/C31H31NO4/c1-6-16-32-30-26-21(4)17-20(3)18-24(26)36-31(30,23-14-12-19(2)13-15-23)27(22-10-8-7-9-11-22)25(28(30)33)29(34)35-5/h6-15,17-18,25,27,32H,1,16H2,2-5H3/t25-,27-,30+,31+/m1/s1. The van der Waals surface area contributed by atoms with Crippen LogP contribution < -0.4 is 10.1 Å². The first kappa shape index (κ1) is 24.0. The first-order chi connectivity index (χ1) is 17.3. The number of esters is 1. The molecule has 4 atom stereocenters. The second-order valence-electron chi connectivity index (χ2n) is 9.83. The van der Waals surface area contributed by atoms with Crippen LogP contribution in [0.2, 0.25) is 0 Å². The highest BCUT2D eigenvalue weighted by Gasteiger charge is 2.78. The Morgan fingerprint density at radius 2 is 1.75 bits per heavy atom. The number of rotatable bonds is 6. The molecule has 0 aromatic heterocycles. The molecule has 5 heteroatoms. The average molecular weight is 482 g/mol. The molecule has 0 bridgehead atoms. The van der Waals surface area contributed by atoms with Gasteiger partial charge in [0.2, 0.25) is 0 Å². The van der Waals surface area contributed by atoms with Crippen molar-refractivity contribution in [1.29, 1.82) is 0 Å². The summed E-state index contributed by atoms with van der Waals surface area (Å²) in [5.41, 5.74) is 2.93. The van der Waals surface area contributed by atoms with Crippen molar-refractivity contribution in [2.75, 3.05) is 13.7 Å². The largest absolute Gasteiger partial charge is 0.479 e. The van der Waals surface area contributed by atoms with Gasteiger partial charge in [-0.2, -0.15) is 0 Å². The Labute approximate surface area is 212 Å². The molecule has 1 saturated carbocycles. The zero-order chi connectivity index (χ0) is 25.7. The molecule has 3 aromatic rings. The molecule has 1 heterocycles. The lowest BCUT2D eigenvalue weighted by molar-refractivity contribution is -0.149. The van der Waals surface area contributed by atoms with Gasteiger partial charge in [-0.05, 0) is 49.1 Å². The Kier molecular flexibility index (Phi) is 5.84. The highest BCUT2D eigenvalue weighted by Crippen LogP contribution is 2.67. The summed E-state index contributed by atoms with van der Waals surface area (Å²) in [4.78, 5) is 28.2. The molecule has 0 unspecified atom stereocenters. The highest BCUT2D eigenvalue weighted by atomic mass is 16.5. The quantitative estimate of drug-likeness (QED) is 0.304. The average Bonchev–Trinajstić information content (AvgIpc) is 3.28. The van der Waals surface area contributed by atoms with Crippen LogP contribution in [0.5, 0.6) is 5.75 Å². The third kappa shape index (κ3) is 3.12. The molecule has 3 aromatic carbocycles. The number of aryl methyl sites for hydroxylation is 3. The Hall–Kier alpha value is -3.70. The van der Waals surface area contributed by atoms with Gasteiger partial charge in [-0.25, -0.2) is 0 Å². The number of benzene rings is 3. The molecule has 0 saturated heterocycles. The van der Waals surface area contributed by atoms with Crippen LogP contribution >= 0.6 is 0 Å². The summed E-state index contributed by atoms with van der Waals surface area (Å²) in [6, 6.07) is 21.8. The van der Waals surface area contributed by atoms with Crippen molar-refractivity contribution < 1.29 is 19.1 Å². The second-order valence-corrected chi connectivity index (χ2v) is 9.83. The number of Topliss-reactive ketones (excluding diaryl/α,β-unsaturated/α-hetero) is 1. The van der Waals surface area contributed by atoms with E-state index in [9.17, 15) is 9.59 Å². The number of fused-ring (bicyclic) bond motifs is 3. The maximum Gasteiger partial charge on any atom is 0.317 e. The number of methoxy groups -OCH3 is 1. The third-order valence-electron chi connectivity index (χ3n) is 7.68. The molecule has 0 amide bonds. The van der Waals surface area contributed by atoms with Gasteiger partial charge in [-0.1, -0.05) is 72.3 Å². The minimum absolute atomic E-state index is 0.253. The zero-order valence-electron chi connectivity index (χ0n) is 21.1. The van der Waals surface area contributed by atoms with Crippen LogP contribution in [0.4, 0.5) is 0 Å². The zero-order valence-corrected chi connectivity index (χ0v) is 21.1. The normalized spacial score (nSPS) is 26.2. The van der Waals surface area contributed by atoms with Crippen molar-refractivity contribution in [2.45, 2.75) is 37.8 Å². The maximum atomic E-state index is 14.8. The lowest BCUT2D eigenvalue weighted by Crippen LogP contribution is -2.59. The SMILES string of the molecule is C=CCN[C@@]12C(=O)[C@H](C(=O)OC)[C@@H](c3ccccc3)[C@]1(c1ccc(C)cc1)Oc1cc(C)cc(C)c12. The third-order valence-corrected chi connectivity index (χ3v) is 7.68. The van der Waals surface area contributed by atoms with E-state index in [1.807, 2.05) is 81.4 Å². The predicted octanol–water partition coefficient (Wildman–Crippen LogP) is 5.03. The number of hydrogen-bond donors (Lipinski definition) is 1. The lowest BCUT2D eigenvalue weighted by Gasteiger charge is -2.42. The summed E-state index contributed by atoms with van der Waals surface area (Å²) in [6.07, 6.45) is 1.73.